The minimum atomic E-state index is -0.803. The average Bonchev–Trinajstić information content (AvgIpc) is 3.38. The van der Waals surface area contributed by atoms with Crippen molar-refractivity contribution >= 4 is 23.9 Å². The predicted molar refractivity (Wildman–Crippen MR) is 131 cm³/mol. The summed E-state index contributed by atoms with van der Waals surface area (Å²) >= 11 is 0. The lowest BCUT2D eigenvalue weighted by atomic mass is 10.1. The van der Waals surface area contributed by atoms with E-state index >= 15 is 0 Å². The number of urea groups is 1. The lowest BCUT2D eigenvalue weighted by molar-refractivity contribution is -0.130. The van der Waals surface area contributed by atoms with Gasteiger partial charge in [-0.2, -0.15) is 0 Å². The fourth-order valence-corrected chi connectivity index (χ4v) is 3.62. The van der Waals surface area contributed by atoms with E-state index < -0.39 is 17.8 Å². The van der Waals surface area contributed by atoms with Crippen molar-refractivity contribution in [1.29, 1.82) is 0 Å². The van der Waals surface area contributed by atoms with Gasteiger partial charge in [-0.3, -0.25) is 19.8 Å². The van der Waals surface area contributed by atoms with Crippen molar-refractivity contribution in [1.82, 2.24) is 10.2 Å². The van der Waals surface area contributed by atoms with Crippen LogP contribution in [0.4, 0.5) is 4.79 Å². The minimum absolute atomic E-state index is 0.0947. The summed E-state index contributed by atoms with van der Waals surface area (Å²) in [4.78, 5) is 38.4. The van der Waals surface area contributed by atoms with Crippen LogP contribution in [0.5, 0.6) is 17.2 Å². The van der Waals surface area contributed by atoms with E-state index in [9.17, 15) is 14.4 Å². The topological polar surface area (TPSA) is 107 Å². The van der Waals surface area contributed by atoms with E-state index in [1.54, 1.807) is 30.3 Å². The summed E-state index contributed by atoms with van der Waals surface area (Å²) in [6.07, 6.45) is 2.84. The van der Waals surface area contributed by atoms with Gasteiger partial charge >= 0.3 is 6.03 Å². The molecule has 0 aliphatic carbocycles. The molecule has 0 spiro atoms. The number of rotatable bonds is 9. The summed E-state index contributed by atoms with van der Waals surface area (Å²) in [7, 11) is 1.49. The Morgan fingerprint density at radius 1 is 0.944 bits per heavy atom. The second kappa shape index (κ2) is 10.8. The van der Waals surface area contributed by atoms with Gasteiger partial charge in [0, 0.05) is 0 Å². The molecule has 9 nitrogen and oxygen atoms in total. The fourth-order valence-electron chi connectivity index (χ4n) is 3.62. The number of ether oxygens (including phenoxy) is 3. The zero-order chi connectivity index (χ0) is 25.7. The molecule has 9 heteroatoms. The zero-order valence-corrected chi connectivity index (χ0v) is 20.2. The second-order valence-corrected chi connectivity index (χ2v) is 8.16. The van der Waals surface area contributed by atoms with E-state index in [2.05, 4.69) is 5.32 Å². The Bertz CT molecular complexity index is 1310. The van der Waals surface area contributed by atoms with Gasteiger partial charge in [0.1, 0.15) is 30.3 Å². The largest absolute Gasteiger partial charge is 0.493 e. The van der Waals surface area contributed by atoms with Gasteiger partial charge in [-0.25, -0.2) is 4.79 Å². The van der Waals surface area contributed by atoms with Crippen LogP contribution in [0.15, 0.2) is 64.8 Å². The molecular weight excluding hydrogens is 464 g/mol. The van der Waals surface area contributed by atoms with Crippen molar-refractivity contribution in [3.05, 3.63) is 82.8 Å². The van der Waals surface area contributed by atoms with Crippen LogP contribution in [0.2, 0.25) is 0 Å². The van der Waals surface area contributed by atoms with E-state index in [0.29, 0.717) is 29.4 Å². The number of benzene rings is 2. The number of methoxy groups -OCH3 is 1. The molecule has 0 unspecified atom stereocenters. The van der Waals surface area contributed by atoms with Crippen molar-refractivity contribution in [2.24, 2.45) is 0 Å². The van der Waals surface area contributed by atoms with E-state index in [0.717, 1.165) is 21.8 Å². The number of carbonyl (C=O) groups excluding carboxylic acids is 3. The molecule has 1 saturated heterocycles. The number of hydrogen-bond donors (Lipinski definition) is 1. The van der Waals surface area contributed by atoms with Crippen LogP contribution >= 0.6 is 0 Å². The maximum Gasteiger partial charge on any atom is 0.331 e. The van der Waals surface area contributed by atoms with Crippen molar-refractivity contribution in [3.8, 4) is 17.2 Å². The first-order valence-electron chi connectivity index (χ1n) is 11.3. The molecule has 3 aromatic rings. The molecule has 2 heterocycles. The van der Waals surface area contributed by atoms with Crippen LogP contribution in [0.1, 0.15) is 22.5 Å². The van der Waals surface area contributed by atoms with Gasteiger partial charge in [0.15, 0.2) is 11.5 Å². The van der Waals surface area contributed by atoms with Crippen LogP contribution in [-0.2, 0) is 16.1 Å². The Balaban J connectivity index is 1.44. The van der Waals surface area contributed by atoms with Crippen LogP contribution in [0, 0.1) is 13.8 Å². The fraction of sp³-hybridized carbons (Fsp3) is 0.222. The molecule has 1 aliphatic rings. The number of amides is 4. The van der Waals surface area contributed by atoms with Crippen LogP contribution in [-0.4, -0.2) is 43.1 Å². The summed E-state index contributed by atoms with van der Waals surface area (Å²) in [5, 5.41) is 2.19. The van der Waals surface area contributed by atoms with Crippen molar-refractivity contribution in [2.45, 2.75) is 20.4 Å². The minimum Gasteiger partial charge on any atom is -0.493 e. The molecule has 2 aromatic carbocycles. The van der Waals surface area contributed by atoms with Crippen LogP contribution in [0.3, 0.4) is 0 Å². The summed E-state index contributed by atoms with van der Waals surface area (Å²) in [6, 6.07) is 13.5. The molecule has 186 valence electrons. The number of barbiturate groups is 1. The monoisotopic (exact) mass is 490 g/mol. The molecule has 4 amide bonds. The lowest BCUT2D eigenvalue weighted by Gasteiger charge is -2.25. The number of furan rings is 1. The normalized spacial score (nSPS) is 14.7. The van der Waals surface area contributed by atoms with Gasteiger partial charge in [-0.15, -0.1) is 0 Å². The SMILES string of the molecule is COc1cc(/C=C2/C(=O)NC(=O)N(Cc3ccco3)C2=O)ccc1OCCOc1cc(C)ccc1C. The third kappa shape index (κ3) is 5.57. The average molecular weight is 491 g/mol. The Labute approximate surface area is 208 Å². The van der Waals surface area contributed by atoms with E-state index in [1.165, 1.54) is 19.4 Å². The summed E-state index contributed by atoms with van der Waals surface area (Å²) in [6.45, 7) is 4.52. The maximum atomic E-state index is 12.9. The number of hydrogen-bond acceptors (Lipinski definition) is 7. The van der Waals surface area contributed by atoms with Gasteiger partial charge < -0.3 is 18.6 Å². The van der Waals surface area contributed by atoms with Gasteiger partial charge in [-0.05, 0) is 66.9 Å². The molecule has 1 aliphatic heterocycles. The summed E-state index contributed by atoms with van der Waals surface area (Å²) in [5.41, 5.74) is 2.50. The number of nitrogens with one attached hydrogen (secondary N) is 1. The molecule has 1 fully saturated rings. The van der Waals surface area contributed by atoms with Gasteiger partial charge in [0.2, 0.25) is 0 Å². The summed E-state index contributed by atoms with van der Waals surface area (Å²) < 4.78 is 22.3. The Morgan fingerprint density at radius 3 is 2.44 bits per heavy atom. The van der Waals surface area contributed by atoms with Gasteiger partial charge in [-0.1, -0.05) is 18.2 Å². The molecule has 4 rings (SSSR count). The molecule has 1 N–H and O–H groups in total. The highest BCUT2D eigenvalue weighted by molar-refractivity contribution is 6.30. The van der Waals surface area contributed by atoms with Crippen molar-refractivity contribution in [3.63, 3.8) is 0 Å². The Morgan fingerprint density at radius 2 is 1.72 bits per heavy atom. The molecule has 1 aromatic heterocycles. The molecule has 0 bridgehead atoms. The first-order chi connectivity index (χ1) is 17.4. The molecule has 0 saturated carbocycles. The maximum absolute atomic E-state index is 12.9. The third-order valence-corrected chi connectivity index (χ3v) is 5.52. The summed E-state index contributed by atoms with van der Waals surface area (Å²) in [5.74, 6) is 0.632. The third-order valence-electron chi connectivity index (χ3n) is 5.52. The first-order valence-corrected chi connectivity index (χ1v) is 11.3. The van der Waals surface area contributed by atoms with E-state index in [4.69, 9.17) is 18.6 Å². The Hall–Kier alpha value is -4.53. The van der Waals surface area contributed by atoms with Gasteiger partial charge in [0.05, 0.1) is 19.9 Å². The van der Waals surface area contributed by atoms with Gasteiger partial charge in [0.25, 0.3) is 11.8 Å². The molecule has 0 radical (unpaired) electrons. The van der Waals surface area contributed by atoms with Crippen LogP contribution < -0.4 is 19.5 Å². The van der Waals surface area contributed by atoms with Crippen LogP contribution in [0.25, 0.3) is 6.08 Å². The number of aryl methyl sites for hydroxylation is 2. The number of carbonyl (C=O) groups is 3. The van der Waals surface area contributed by atoms with Crippen molar-refractivity contribution in [2.75, 3.05) is 20.3 Å². The predicted octanol–water partition coefficient (Wildman–Crippen LogP) is 4.02. The quantitative estimate of drug-likeness (QED) is 0.274. The highest BCUT2D eigenvalue weighted by Crippen LogP contribution is 2.29. The Kier molecular flexibility index (Phi) is 7.39. The first kappa shape index (κ1) is 24.6. The highest BCUT2D eigenvalue weighted by Gasteiger charge is 2.36. The van der Waals surface area contributed by atoms with E-state index in [-0.39, 0.29) is 18.7 Å². The van der Waals surface area contributed by atoms with Crippen molar-refractivity contribution < 1.29 is 33.0 Å². The zero-order valence-electron chi connectivity index (χ0n) is 20.2. The molecular formula is C27H26N2O7. The van der Waals surface area contributed by atoms with E-state index in [1.807, 2.05) is 32.0 Å². The smallest absolute Gasteiger partial charge is 0.331 e. The second-order valence-electron chi connectivity index (χ2n) is 8.16. The molecule has 0 atom stereocenters. The number of imide groups is 2. The standard InChI is InChI=1S/C27H26N2O7/c1-17-6-7-18(2)23(13-17)36-12-11-35-22-9-8-19(15-24(22)33-3)14-21-25(30)28-27(32)29(26(21)31)16-20-5-4-10-34-20/h4-10,13-15H,11-12,16H2,1-3H3,(H,28,30,32)/b21-14-. The highest BCUT2D eigenvalue weighted by atomic mass is 16.5. The number of nitrogens with zero attached hydrogens (tertiary/aromatic N) is 1. The molecule has 36 heavy (non-hydrogen) atoms. The lowest BCUT2D eigenvalue weighted by Crippen LogP contribution is -2.53.